The maximum atomic E-state index is 12.7. The lowest BCUT2D eigenvalue weighted by Crippen LogP contribution is -2.37. The number of allylic oxidation sites excluding steroid dienone is 16. The topological polar surface area (TPSA) is 129 Å². The molecule has 2 N–H and O–H groups in total. The number of hydrogen-bond acceptors (Lipinski definition) is 8. The van der Waals surface area contributed by atoms with Crippen molar-refractivity contribution in [3.63, 3.8) is 0 Å². The predicted molar refractivity (Wildman–Crippen MR) is 234 cm³/mol. The number of hydrogen-bond donors (Lipinski definition) is 2. The number of likely N-dealkylation sites (N-methyl/N-ethyl adjacent to an activating group) is 1. The van der Waals surface area contributed by atoms with Crippen molar-refractivity contribution >= 4 is 19.8 Å². The van der Waals surface area contributed by atoms with E-state index in [0.29, 0.717) is 30.3 Å². The lowest BCUT2D eigenvalue weighted by molar-refractivity contribution is -0.870. The van der Waals surface area contributed by atoms with E-state index in [0.717, 1.165) is 77.0 Å². The van der Waals surface area contributed by atoms with Gasteiger partial charge in [-0.3, -0.25) is 18.6 Å². The summed E-state index contributed by atoms with van der Waals surface area (Å²) >= 11 is 0. The summed E-state index contributed by atoms with van der Waals surface area (Å²) < 4.78 is 34.1. The van der Waals surface area contributed by atoms with Crippen LogP contribution >= 0.6 is 7.82 Å². The van der Waals surface area contributed by atoms with Crippen molar-refractivity contribution in [2.45, 2.75) is 135 Å². The third-order valence-corrected chi connectivity index (χ3v) is 9.25. The SMILES string of the molecule is CC/C=C\C/C=C\C/C=C\C/C=C\CCCCC(=O)OC[C@H](COP(=O)(O)OCC[N+](C)(C)C)OC(=O)CCC/C=C\C/C=C\C/C=C\C/C=C\CC[C@H](O)CC. The minimum absolute atomic E-state index is 0.00265. The first kappa shape index (κ1) is 53.9. The van der Waals surface area contributed by atoms with Crippen molar-refractivity contribution in [3.05, 3.63) is 97.2 Å². The van der Waals surface area contributed by atoms with Crippen LogP contribution in [0.1, 0.15) is 123 Å². The van der Waals surface area contributed by atoms with Gasteiger partial charge in [0.1, 0.15) is 19.8 Å². The highest BCUT2D eigenvalue weighted by Gasteiger charge is 2.27. The van der Waals surface area contributed by atoms with Crippen molar-refractivity contribution in [3.8, 4) is 0 Å². The maximum Gasteiger partial charge on any atom is 0.472 e. The van der Waals surface area contributed by atoms with Crippen LogP contribution in [0.25, 0.3) is 0 Å². The van der Waals surface area contributed by atoms with Crippen LogP contribution in [0.15, 0.2) is 97.2 Å². The van der Waals surface area contributed by atoms with E-state index in [1.54, 1.807) is 0 Å². The largest absolute Gasteiger partial charge is 0.472 e. The predicted octanol–water partition coefficient (Wildman–Crippen LogP) is 10.8. The second-order valence-corrected chi connectivity index (χ2v) is 16.2. The van der Waals surface area contributed by atoms with Gasteiger partial charge in [-0.05, 0) is 96.3 Å². The molecular weight excluding hydrogens is 741 g/mol. The number of ether oxygens (including phenoxy) is 2. The van der Waals surface area contributed by atoms with Gasteiger partial charge in [0.05, 0.1) is 33.9 Å². The zero-order valence-corrected chi connectivity index (χ0v) is 36.8. The van der Waals surface area contributed by atoms with Crippen LogP contribution in [0, 0.1) is 0 Å². The molecule has 3 atom stereocenters. The summed E-state index contributed by atoms with van der Waals surface area (Å²) in [5.41, 5.74) is 0. The first-order chi connectivity index (χ1) is 27.4. The van der Waals surface area contributed by atoms with Crippen molar-refractivity contribution in [2.24, 2.45) is 0 Å². The molecule has 0 fully saturated rings. The third kappa shape index (κ3) is 40.9. The molecule has 0 saturated heterocycles. The summed E-state index contributed by atoms with van der Waals surface area (Å²) in [4.78, 5) is 35.3. The number of aliphatic hydroxyl groups excluding tert-OH is 1. The first-order valence-corrected chi connectivity index (χ1v) is 22.5. The molecule has 0 aliphatic carbocycles. The Morgan fingerprint density at radius 1 is 0.614 bits per heavy atom. The zero-order valence-electron chi connectivity index (χ0n) is 35.9. The van der Waals surface area contributed by atoms with Gasteiger partial charge in [0.2, 0.25) is 0 Å². The quantitative estimate of drug-likeness (QED) is 0.0209. The van der Waals surface area contributed by atoms with E-state index in [1.165, 1.54) is 0 Å². The van der Waals surface area contributed by atoms with Gasteiger partial charge in [-0.25, -0.2) is 4.57 Å². The van der Waals surface area contributed by atoms with Gasteiger partial charge >= 0.3 is 19.8 Å². The molecule has 0 saturated carbocycles. The van der Waals surface area contributed by atoms with Gasteiger partial charge in [0.15, 0.2) is 6.10 Å². The van der Waals surface area contributed by atoms with Crippen LogP contribution in [0.4, 0.5) is 0 Å². The Labute approximate surface area is 346 Å². The fourth-order valence-electron chi connectivity index (χ4n) is 4.80. The van der Waals surface area contributed by atoms with Gasteiger partial charge < -0.3 is 24.0 Å². The van der Waals surface area contributed by atoms with Crippen molar-refractivity contribution in [1.82, 2.24) is 0 Å². The minimum atomic E-state index is -4.41. The standard InChI is InChI=1S/C46H76NO9P/c1-6-8-9-10-11-12-13-14-15-19-22-25-28-31-34-37-45(49)53-41-44(42-55-57(51,52)54-40-39-47(3,4)5)56-46(50)38-35-32-29-26-23-20-17-16-18-21-24-27-30-33-36-43(48)7-2/h8-9,11-12,14-15,17-18,20-22,25-27,29-30,43-44,48H,6-7,10,13,16,19,23-24,28,31-42H2,1-5H3/p+1/b9-8-,12-11-,15-14-,20-17-,21-18-,25-22-,29-26-,30-27-/t43-,44-/m1/s1. The maximum absolute atomic E-state index is 12.7. The molecular formula is C46H77NO9P+. The molecule has 0 radical (unpaired) electrons. The molecule has 324 valence electrons. The van der Waals surface area contributed by atoms with E-state index in [2.05, 4.69) is 98.1 Å². The highest BCUT2D eigenvalue weighted by Crippen LogP contribution is 2.43. The van der Waals surface area contributed by atoms with Crippen molar-refractivity contribution in [1.29, 1.82) is 0 Å². The first-order valence-electron chi connectivity index (χ1n) is 21.0. The number of nitrogens with zero attached hydrogens (tertiary/aromatic N) is 1. The molecule has 1 unspecified atom stereocenters. The Bertz CT molecular complexity index is 1310. The third-order valence-electron chi connectivity index (χ3n) is 8.26. The average molecular weight is 819 g/mol. The van der Waals surface area contributed by atoms with E-state index in [9.17, 15) is 24.2 Å². The highest BCUT2D eigenvalue weighted by molar-refractivity contribution is 7.47. The Morgan fingerprint density at radius 2 is 1.09 bits per heavy atom. The Kier molecular flexibility index (Phi) is 35.2. The number of quaternary nitrogens is 1. The number of carbonyl (C=O) groups is 2. The second kappa shape index (κ2) is 37.2. The molecule has 57 heavy (non-hydrogen) atoms. The van der Waals surface area contributed by atoms with Crippen LogP contribution in [0.3, 0.4) is 0 Å². The Morgan fingerprint density at radius 3 is 1.60 bits per heavy atom. The van der Waals surface area contributed by atoms with Gasteiger partial charge in [-0.1, -0.05) is 111 Å². The summed E-state index contributed by atoms with van der Waals surface area (Å²) in [6.07, 6.45) is 45.6. The molecule has 0 aliphatic heterocycles. The van der Waals surface area contributed by atoms with E-state index in [1.807, 2.05) is 34.1 Å². The molecule has 0 rings (SSSR count). The fourth-order valence-corrected chi connectivity index (χ4v) is 5.54. The van der Waals surface area contributed by atoms with E-state index >= 15 is 0 Å². The van der Waals surface area contributed by atoms with Crippen LogP contribution in [0.2, 0.25) is 0 Å². The summed E-state index contributed by atoms with van der Waals surface area (Å²) in [7, 11) is 1.38. The van der Waals surface area contributed by atoms with Crippen LogP contribution < -0.4 is 0 Å². The number of aliphatic hydroxyl groups is 1. The smallest absolute Gasteiger partial charge is 0.462 e. The number of phosphoric acid groups is 1. The molecule has 0 aromatic carbocycles. The lowest BCUT2D eigenvalue weighted by atomic mass is 10.1. The summed E-state index contributed by atoms with van der Waals surface area (Å²) in [5.74, 6) is -0.944. The lowest BCUT2D eigenvalue weighted by Gasteiger charge is -2.24. The number of esters is 2. The molecule has 0 heterocycles. The van der Waals surface area contributed by atoms with E-state index in [4.69, 9.17) is 18.5 Å². The van der Waals surface area contributed by atoms with Gasteiger partial charge in [0.25, 0.3) is 0 Å². The monoisotopic (exact) mass is 819 g/mol. The highest BCUT2D eigenvalue weighted by atomic mass is 31.2. The number of phosphoric ester groups is 1. The van der Waals surface area contributed by atoms with E-state index in [-0.39, 0.29) is 32.2 Å². The minimum Gasteiger partial charge on any atom is -0.462 e. The molecule has 0 aromatic rings. The van der Waals surface area contributed by atoms with Crippen molar-refractivity contribution in [2.75, 3.05) is 47.5 Å². The van der Waals surface area contributed by atoms with Gasteiger partial charge in [-0.15, -0.1) is 0 Å². The van der Waals surface area contributed by atoms with Gasteiger partial charge in [0, 0.05) is 12.8 Å². The zero-order chi connectivity index (χ0) is 42.3. The molecule has 0 spiro atoms. The Balaban J connectivity index is 4.59. The van der Waals surface area contributed by atoms with Crippen LogP contribution in [0.5, 0.6) is 0 Å². The normalized spacial score (nSPS) is 15.1. The fraction of sp³-hybridized carbons (Fsp3) is 0.609. The number of unbranched alkanes of at least 4 members (excludes halogenated alkanes) is 3. The molecule has 11 heteroatoms. The summed E-state index contributed by atoms with van der Waals surface area (Å²) in [6, 6.07) is 0. The van der Waals surface area contributed by atoms with Crippen molar-refractivity contribution < 1.29 is 47.2 Å². The molecule has 0 aromatic heterocycles. The molecule has 10 nitrogen and oxygen atoms in total. The van der Waals surface area contributed by atoms with Gasteiger partial charge in [-0.2, -0.15) is 0 Å². The molecule has 0 aliphatic rings. The molecule has 0 amide bonds. The van der Waals surface area contributed by atoms with Crippen LogP contribution in [-0.4, -0.2) is 86.1 Å². The molecule has 0 bridgehead atoms. The number of carbonyl (C=O) groups excluding carboxylic acids is 2. The van der Waals surface area contributed by atoms with E-state index < -0.39 is 32.5 Å². The Hall–Kier alpha value is -3.11. The second-order valence-electron chi connectivity index (χ2n) is 14.8. The van der Waals surface area contributed by atoms with Crippen LogP contribution in [-0.2, 0) is 32.7 Å². The number of rotatable bonds is 36. The average Bonchev–Trinajstić information content (AvgIpc) is 3.16. The summed E-state index contributed by atoms with van der Waals surface area (Å²) in [5, 5.41) is 9.57. The summed E-state index contributed by atoms with van der Waals surface area (Å²) in [6.45, 7) is 3.86.